The van der Waals surface area contributed by atoms with Gasteiger partial charge in [0.15, 0.2) is 5.13 Å². The minimum atomic E-state index is -0.293. The van der Waals surface area contributed by atoms with E-state index in [0.29, 0.717) is 34.4 Å². The summed E-state index contributed by atoms with van der Waals surface area (Å²) in [6.07, 6.45) is 0.399. The fraction of sp³-hybridized carbons (Fsp3) is 0.364. The van der Waals surface area contributed by atoms with Gasteiger partial charge in [-0.3, -0.25) is 9.69 Å². The Morgan fingerprint density at radius 2 is 1.84 bits per heavy atom. The Bertz CT molecular complexity index is 981. The minimum absolute atomic E-state index is 0. The van der Waals surface area contributed by atoms with Gasteiger partial charge in [0.2, 0.25) is 5.91 Å². The fourth-order valence-corrected chi connectivity index (χ4v) is 5.03. The van der Waals surface area contributed by atoms with E-state index in [9.17, 15) is 9.18 Å². The molecule has 0 aliphatic rings. The lowest BCUT2D eigenvalue weighted by molar-refractivity contribution is -0.118. The molecule has 0 atom stereocenters. The van der Waals surface area contributed by atoms with Crippen molar-refractivity contribution in [1.82, 2.24) is 9.88 Å². The number of anilines is 1. The highest BCUT2D eigenvalue weighted by atomic mass is 35.5. The lowest BCUT2D eigenvalue weighted by Crippen LogP contribution is -2.39. The number of hydrogen-bond donors (Lipinski definition) is 0. The van der Waals surface area contributed by atoms with Crippen LogP contribution >= 0.6 is 47.1 Å². The third-order valence-corrected chi connectivity index (χ3v) is 7.11. The van der Waals surface area contributed by atoms with Gasteiger partial charge in [-0.25, -0.2) is 9.37 Å². The fourth-order valence-electron chi connectivity index (χ4n) is 3.03. The molecule has 31 heavy (non-hydrogen) atoms. The van der Waals surface area contributed by atoms with E-state index in [1.165, 1.54) is 23.5 Å². The molecular formula is C22H26Cl2FN3OS2. The number of fused-ring (bicyclic) bond motifs is 1. The number of benzene rings is 2. The highest BCUT2D eigenvalue weighted by molar-refractivity contribution is 7.99. The summed E-state index contributed by atoms with van der Waals surface area (Å²) in [7, 11) is 0. The molecule has 0 aliphatic carbocycles. The summed E-state index contributed by atoms with van der Waals surface area (Å²) in [6.45, 7) is 7.41. The van der Waals surface area contributed by atoms with Crippen LogP contribution in [-0.4, -0.2) is 47.7 Å². The third kappa shape index (κ3) is 7.32. The van der Waals surface area contributed by atoms with Gasteiger partial charge in [0.05, 0.1) is 10.2 Å². The molecule has 0 aliphatic heterocycles. The second kappa shape index (κ2) is 12.6. The number of nitrogens with zero attached hydrogens (tertiary/aromatic N) is 3. The Kier molecular flexibility index (Phi) is 10.5. The van der Waals surface area contributed by atoms with Gasteiger partial charge in [-0.05, 0) is 55.6 Å². The van der Waals surface area contributed by atoms with Crippen LogP contribution in [0.3, 0.4) is 0 Å². The van der Waals surface area contributed by atoms with Crippen LogP contribution in [0.4, 0.5) is 9.52 Å². The molecule has 168 valence electrons. The summed E-state index contributed by atoms with van der Waals surface area (Å²) >= 11 is 8.92. The van der Waals surface area contributed by atoms with Gasteiger partial charge in [-0.15, -0.1) is 24.2 Å². The average molecular weight is 503 g/mol. The summed E-state index contributed by atoms with van der Waals surface area (Å²) in [6, 6.07) is 12.1. The van der Waals surface area contributed by atoms with Gasteiger partial charge >= 0.3 is 0 Å². The molecule has 1 amide bonds. The molecule has 0 N–H and O–H groups in total. The van der Waals surface area contributed by atoms with E-state index >= 15 is 0 Å². The maximum Gasteiger partial charge on any atom is 0.229 e. The normalized spacial score (nSPS) is 11.0. The standard InChI is InChI=1S/C22H25ClFN3OS2.ClH/c1-3-26(4-2)12-13-27(22-25-19-10-7-17(24)15-20(19)30-22)21(28)11-14-29-18-8-5-16(23)6-9-18;/h5-10,15H,3-4,11-14H2,1-2H3;1H. The number of halogens is 3. The maximum absolute atomic E-state index is 13.6. The van der Waals surface area contributed by atoms with Crippen molar-refractivity contribution in [2.24, 2.45) is 0 Å². The topological polar surface area (TPSA) is 36.4 Å². The quantitative estimate of drug-likeness (QED) is 0.302. The van der Waals surface area contributed by atoms with E-state index in [4.69, 9.17) is 11.6 Å². The summed E-state index contributed by atoms with van der Waals surface area (Å²) in [5.74, 6) is 0.406. The zero-order chi connectivity index (χ0) is 21.5. The molecule has 9 heteroatoms. The zero-order valence-corrected chi connectivity index (χ0v) is 20.7. The predicted octanol–water partition coefficient (Wildman–Crippen LogP) is 6.37. The van der Waals surface area contributed by atoms with E-state index in [1.807, 2.05) is 24.3 Å². The third-order valence-electron chi connectivity index (χ3n) is 4.80. The first-order chi connectivity index (χ1) is 14.5. The minimum Gasteiger partial charge on any atom is -0.302 e. The Labute approximate surface area is 202 Å². The van der Waals surface area contributed by atoms with Crippen LogP contribution in [0, 0.1) is 5.82 Å². The van der Waals surface area contributed by atoms with Crippen molar-refractivity contribution in [1.29, 1.82) is 0 Å². The lowest BCUT2D eigenvalue weighted by Gasteiger charge is -2.24. The van der Waals surface area contributed by atoms with Crippen molar-refractivity contribution in [2.45, 2.75) is 25.2 Å². The highest BCUT2D eigenvalue weighted by Gasteiger charge is 2.20. The van der Waals surface area contributed by atoms with Crippen LogP contribution in [0.15, 0.2) is 47.4 Å². The number of rotatable bonds is 10. The van der Waals surface area contributed by atoms with E-state index in [-0.39, 0.29) is 24.1 Å². The number of amides is 1. The largest absolute Gasteiger partial charge is 0.302 e. The van der Waals surface area contributed by atoms with Gasteiger partial charge in [0, 0.05) is 35.2 Å². The van der Waals surface area contributed by atoms with E-state index in [0.717, 1.165) is 29.2 Å². The number of hydrogen-bond acceptors (Lipinski definition) is 5. The molecular weight excluding hydrogens is 476 g/mol. The van der Waals surface area contributed by atoms with Gasteiger partial charge in [0.1, 0.15) is 5.82 Å². The SMILES string of the molecule is CCN(CC)CCN(C(=O)CCSc1ccc(Cl)cc1)c1nc2ccc(F)cc2s1.Cl. The Balaban J connectivity index is 0.00000341. The summed E-state index contributed by atoms with van der Waals surface area (Å²) < 4.78 is 14.3. The van der Waals surface area contributed by atoms with Crippen molar-refractivity contribution in [3.05, 3.63) is 53.3 Å². The molecule has 1 aromatic heterocycles. The maximum atomic E-state index is 13.6. The number of carbonyl (C=O) groups is 1. The number of thioether (sulfide) groups is 1. The van der Waals surface area contributed by atoms with E-state index in [1.54, 1.807) is 22.7 Å². The molecule has 3 aromatic rings. The molecule has 0 unspecified atom stereocenters. The number of carbonyl (C=O) groups excluding carboxylic acids is 1. The molecule has 0 bridgehead atoms. The van der Waals surface area contributed by atoms with Crippen LogP contribution in [0.5, 0.6) is 0 Å². The predicted molar refractivity (Wildman–Crippen MR) is 134 cm³/mol. The molecule has 4 nitrogen and oxygen atoms in total. The second-order valence-corrected chi connectivity index (χ2v) is 9.35. The molecule has 1 heterocycles. The summed E-state index contributed by atoms with van der Waals surface area (Å²) in [4.78, 5) is 22.8. The van der Waals surface area contributed by atoms with Crippen molar-refractivity contribution >= 4 is 68.4 Å². The van der Waals surface area contributed by atoms with Crippen LogP contribution < -0.4 is 4.90 Å². The molecule has 0 radical (unpaired) electrons. The first-order valence-corrected chi connectivity index (χ1v) is 12.1. The van der Waals surface area contributed by atoms with Crippen molar-refractivity contribution in [3.63, 3.8) is 0 Å². The molecule has 2 aromatic carbocycles. The lowest BCUT2D eigenvalue weighted by atomic mass is 10.3. The van der Waals surface area contributed by atoms with Crippen LogP contribution in [-0.2, 0) is 4.79 Å². The first kappa shape index (κ1) is 25.9. The molecule has 0 fully saturated rings. The molecule has 0 spiro atoms. The van der Waals surface area contributed by atoms with Gasteiger partial charge in [-0.2, -0.15) is 0 Å². The summed E-state index contributed by atoms with van der Waals surface area (Å²) in [5, 5.41) is 1.33. The van der Waals surface area contributed by atoms with E-state index in [2.05, 4.69) is 23.7 Å². The highest BCUT2D eigenvalue weighted by Crippen LogP contribution is 2.30. The van der Waals surface area contributed by atoms with Crippen LogP contribution in [0.1, 0.15) is 20.3 Å². The van der Waals surface area contributed by atoms with Crippen LogP contribution in [0.25, 0.3) is 10.2 Å². The Morgan fingerprint density at radius 1 is 1.13 bits per heavy atom. The molecule has 3 rings (SSSR count). The van der Waals surface area contributed by atoms with Gasteiger partial charge in [-0.1, -0.05) is 36.8 Å². The van der Waals surface area contributed by atoms with E-state index < -0.39 is 0 Å². The number of thiazole rings is 1. The Hall–Kier alpha value is -1.38. The first-order valence-electron chi connectivity index (χ1n) is 9.97. The van der Waals surface area contributed by atoms with Crippen molar-refractivity contribution in [2.75, 3.05) is 36.8 Å². The Morgan fingerprint density at radius 3 is 2.52 bits per heavy atom. The monoisotopic (exact) mass is 501 g/mol. The number of aromatic nitrogens is 1. The average Bonchev–Trinajstić information content (AvgIpc) is 3.15. The number of likely N-dealkylation sites (N-methyl/N-ethyl adjacent to an activating group) is 1. The second-order valence-electron chi connectivity index (χ2n) is 6.73. The molecule has 0 saturated heterocycles. The van der Waals surface area contributed by atoms with Crippen LogP contribution in [0.2, 0.25) is 5.02 Å². The van der Waals surface area contributed by atoms with Crippen molar-refractivity contribution < 1.29 is 9.18 Å². The molecule has 0 saturated carbocycles. The smallest absolute Gasteiger partial charge is 0.229 e. The summed E-state index contributed by atoms with van der Waals surface area (Å²) in [5.41, 5.74) is 0.715. The van der Waals surface area contributed by atoms with Crippen molar-refractivity contribution in [3.8, 4) is 0 Å². The zero-order valence-electron chi connectivity index (χ0n) is 17.5. The van der Waals surface area contributed by atoms with Gasteiger partial charge < -0.3 is 4.90 Å². The van der Waals surface area contributed by atoms with Gasteiger partial charge in [0.25, 0.3) is 0 Å².